The SMILES string of the molecule is O=C(O)[C@@H]1[C@H](C(=O)Nc2ccc(Cl)c(Cl)c2)[C@H]2CC[C@H]1O2. The van der Waals surface area contributed by atoms with Crippen LogP contribution in [0, 0.1) is 11.8 Å². The minimum Gasteiger partial charge on any atom is -0.481 e. The van der Waals surface area contributed by atoms with Crippen molar-refractivity contribution in [3.63, 3.8) is 0 Å². The Morgan fingerprint density at radius 2 is 1.81 bits per heavy atom. The predicted octanol–water partition coefficient (Wildman–Crippen LogP) is 2.81. The lowest BCUT2D eigenvalue weighted by Crippen LogP contribution is -2.40. The third-order valence-electron chi connectivity index (χ3n) is 4.05. The summed E-state index contributed by atoms with van der Waals surface area (Å²) in [6, 6.07) is 4.73. The average molecular weight is 330 g/mol. The zero-order chi connectivity index (χ0) is 15.1. The molecule has 2 saturated heterocycles. The van der Waals surface area contributed by atoms with Crippen molar-refractivity contribution in [3.05, 3.63) is 28.2 Å². The van der Waals surface area contributed by atoms with E-state index >= 15 is 0 Å². The second-order valence-electron chi connectivity index (χ2n) is 5.30. The maximum absolute atomic E-state index is 12.4. The van der Waals surface area contributed by atoms with Crippen molar-refractivity contribution in [2.45, 2.75) is 25.0 Å². The summed E-state index contributed by atoms with van der Waals surface area (Å²) in [5.74, 6) is -2.80. The minimum atomic E-state index is -0.989. The van der Waals surface area contributed by atoms with E-state index in [9.17, 15) is 14.7 Å². The fourth-order valence-corrected chi connectivity index (χ4v) is 3.42. The molecule has 0 aromatic heterocycles. The van der Waals surface area contributed by atoms with Gasteiger partial charge in [0.1, 0.15) is 0 Å². The molecule has 112 valence electrons. The Morgan fingerprint density at radius 3 is 2.43 bits per heavy atom. The number of rotatable bonds is 3. The number of ether oxygens (including phenoxy) is 1. The van der Waals surface area contributed by atoms with Crippen molar-refractivity contribution in [1.82, 2.24) is 0 Å². The van der Waals surface area contributed by atoms with Gasteiger partial charge in [-0.05, 0) is 31.0 Å². The molecule has 5 nitrogen and oxygen atoms in total. The highest BCUT2D eigenvalue weighted by atomic mass is 35.5. The van der Waals surface area contributed by atoms with Crippen LogP contribution >= 0.6 is 23.2 Å². The number of hydrogen-bond donors (Lipinski definition) is 2. The summed E-state index contributed by atoms with van der Waals surface area (Å²) in [6.45, 7) is 0. The highest BCUT2D eigenvalue weighted by Crippen LogP contribution is 2.44. The Labute approximate surface area is 131 Å². The van der Waals surface area contributed by atoms with Crippen molar-refractivity contribution in [3.8, 4) is 0 Å². The first-order valence-corrected chi connectivity index (χ1v) is 7.37. The second-order valence-corrected chi connectivity index (χ2v) is 6.11. The van der Waals surface area contributed by atoms with Crippen LogP contribution in [0.3, 0.4) is 0 Å². The zero-order valence-electron chi connectivity index (χ0n) is 10.9. The number of carbonyl (C=O) groups is 2. The highest BCUT2D eigenvalue weighted by Gasteiger charge is 2.55. The lowest BCUT2D eigenvalue weighted by atomic mass is 9.78. The Morgan fingerprint density at radius 1 is 1.14 bits per heavy atom. The number of carboxylic acids is 1. The van der Waals surface area contributed by atoms with Crippen molar-refractivity contribution in [1.29, 1.82) is 0 Å². The molecule has 21 heavy (non-hydrogen) atoms. The first kappa shape index (κ1) is 14.6. The number of carbonyl (C=O) groups excluding carboxylic acids is 1. The van der Waals surface area contributed by atoms with E-state index in [0.717, 1.165) is 0 Å². The van der Waals surface area contributed by atoms with E-state index in [1.165, 1.54) is 6.07 Å². The molecule has 4 atom stereocenters. The van der Waals surface area contributed by atoms with E-state index in [1.54, 1.807) is 12.1 Å². The lowest BCUT2D eigenvalue weighted by molar-refractivity contribution is -0.147. The first-order chi connectivity index (χ1) is 9.97. The van der Waals surface area contributed by atoms with Gasteiger partial charge in [0.05, 0.1) is 34.1 Å². The third-order valence-corrected chi connectivity index (χ3v) is 4.79. The molecule has 2 fully saturated rings. The summed E-state index contributed by atoms with van der Waals surface area (Å²) < 4.78 is 5.57. The van der Waals surface area contributed by atoms with Crippen molar-refractivity contribution in [2.75, 3.05) is 5.32 Å². The number of halogens is 2. The summed E-state index contributed by atoms with van der Waals surface area (Å²) in [4.78, 5) is 23.7. The second kappa shape index (κ2) is 5.48. The summed E-state index contributed by atoms with van der Waals surface area (Å²) in [5, 5.41) is 12.7. The van der Waals surface area contributed by atoms with Gasteiger partial charge >= 0.3 is 5.97 Å². The average Bonchev–Trinajstić information content (AvgIpc) is 3.03. The van der Waals surface area contributed by atoms with Gasteiger partial charge in [0.2, 0.25) is 5.91 Å². The van der Waals surface area contributed by atoms with Gasteiger partial charge in [-0.2, -0.15) is 0 Å². The molecule has 7 heteroatoms. The first-order valence-electron chi connectivity index (χ1n) is 6.61. The Hall–Kier alpha value is -1.30. The lowest BCUT2D eigenvalue weighted by Gasteiger charge is -2.23. The maximum atomic E-state index is 12.4. The monoisotopic (exact) mass is 329 g/mol. The maximum Gasteiger partial charge on any atom is 0.310 e. The number of hydrogen-bond acceptors (Lipinski definition) is 3. The van der Waals surface area contributed by atoms with Gasteiger partial charge in [0, 0.05) is 5.69 Å². The van der Waals surface area contributed by atoms with Crippen LogP contribution in [0.1, 0.15) is 12.8 Å². The van der Waals surface area contributed by atoms with Gasteiger partial charge in [0.25, 0.3) is 0 Å². The predicted molar refractivity (Wildman–Crippen MR) is 77.6 cm³/mol. The van der Waals surface area contributed by atoms with Gasteiger partial charge < -0.3 is 15.2 Å². The number of amides is 1. The van der Waals surface area contributed by atoms with E-state index in [2.05, 4.69) is 5.32 Å². The molecule has 2 bridgehead atoms. The van der Waals surface area contributed by atoms with E-state index in [0.29, 0.717) is 28.6 Å². The molecular formula is C14H13Cl2NO4. The van der Waals surface area contributed by atoms with Gasteiger partial charge in [-0.25, -0.2) is 0 Å². The minimum absolute atomic E-state index is 0.320. The summed E-state index contributed by atoms with van der Waals surface area (Å²) in [6.07, 6.45) is 0.724. The quantitative estimate of drug-likeness (QED) is 0.894. The van der Waals surface area contributed by atoms with Gasteiger partial charge in [-0.3, -0.25) is 9.59 Å². The van der Waals surface area contributed by atoms with Crippen LogP contribution in [0.4, 0.5) is 5.69 Å². The molecule has 0 saturated carbocycles. The van der Waals surface area contributed by atoms with Crippen molar-refractivity contribution >= 4 is 40.8 Å². The molecule has 1 amide bonds. The molecule has 2 aliphatic rings. The number of benzene rings is 1. The summed E-state index contributed by atoms with van der Waals surface area (Å²) in [7, 11) is 0. The molecule has 1 aromatic carbocycles. The van der Waals surface area contributed by atoms with Crippen molar-refractivity contribution in [2.24, 2.45) is 11.8 Å². The fraction of sp³-hybridized carbons (Fsp3) is 0.429. The van der Waals surface area contributed by atoms with Gasteiger partial charge in [-0.15, -0.1) is 0 Å². The van der Waals surface area contributed by atoms with Crippen LogP contribution in [-0.2, 0) is 14.3 Å². The number of fused-ring (bicyclic) bond motifs is 2. The largest absolute Gasteiger partial charge is 0.481 e. The molecular weight excluding hydrogens is 317 g/mol. The van der Waals surface area contributed by atoms with Crippen LogP contribution in [0.25, 0.3) is 0 Å². The van der Waals surface area contributed by atoms with E-state index in [1.807, 2.05) is 0 Å². The zero-order valence-corrected chi connectivity index (χ0v) is 12.4. The number of carboxylic acid groups (broad SMARTS) is 1. The molecule has 0 aliphatic carbocycles. The van der Waals surface area contributed by atoms with Crippen LogP contribution in [-0.4, -0.2) is 29.2 Å². The standard InChI is InChI=1S/C14H13Cl2NO4/c15-7-2-1-6(5-8(7)16)17-13(18)11-9-3-4-10(21-9)12(11)14(19)20/h1-2,5,9-12H,3-4H2,(H,17,18)(H,19,20)/t9-,10-,11-,12+/m1/s1. The highest BCUT2D eigenvalue weighted by molar-refractivity contribution is 6.42. The van der Waals surface area contributed by atoms with Crippen LogP contribution in [0.15, 0.2) is 18.2 Å². The molecule has 2 heterocycles. The number of anilines is 1. The smallest absolute Gasteiger partial charge is 0.310 e. The van der Waals surface area contributed by atoms with Crippen LogP contribution in [0.2, 0.25) is 10.0 Å². The Bertz CT molecular complexity index is 607. The third kappa shape index (κ3) is 2.61. The summed E-state index contributed by atoms with van der Waals surface area (Å²) in [5.41, 5.74) is 0.487. The Balaban J connectivity index is 1.78. The van der Waals surface area contributed by atoms with E-state index < -0.39 is 17.8 Å². The molecule has 2 N–H and O–H groups in total. The fourth-order valence-electron chi connectivity index (χ4n) is 3.12. The molecule has 0 spiro atoms. The van der Waals surface area contributed by atoms with Crippen molar-refractivity contribution < 1.29 is 19.4 Å². The molecule has 1 aromatic rings. The Kier molecular flexibility index (Phi) is 3.82. The molecule has 2 aliphatic heterocycles. The van der Waals surface area contributed by atoms with Crippen LogP contribution < -0.4 is 5.32 Å². The molecule has 0 radical (unpaired) electrons. The normalized spacial score (nSPS) is 30.4. The topological polar surface area (TPSA) is 75.6 Å². The van der Waals surface area contributed by atoms with E-state index in [4.69, 9.17) is 27.9 Å². The molecule has 3 rings (SSSR count). The van der Waals surface area contributed by atoms with Gasteiger partial charge in [-0.1, -0.05) is 23.2 Å². The van der Waals surface area contributed by atoms with Gasteiger partial charge in [0.15, 0.2) is 0 Å². The van der Waals surface area contributed by atoms with E-state index in [-0.39, 0.29) is 18.1 Å². The number of aliphatic carboxylic acids is 1. The molecule has 0 unspecified atom stereocenters. The summed E-state index contributed by atoms with van der Waals surface area (Å²) >= 11 is 11.7. The van der Waals surface area contributed by atoms with Crippen LogP contribution in [0.5, 0.6) is 0 Å². The number of nitrogens with one attached hydrogen (secondary N) is 1.